The van der Waals surface area contributed by atoms with E-state index in [1.807, 2.05) is 0 Å². The summed E-state index contributed by atoms with van der Waals surface area (Å²) < 4.78 is 37.8. The zero-order valence-electron chi connectivity index (χ0n) is 11.1. The standard InChI is InChI=1S/C10H14F3N5O3/c1-2-17(6-10(11,12)13)9(21)14-3-4-18-5-7(8(19)20)15-16-18/h5H,2-4,6H2,1H3,(H,14,21)(H,19,20). The Kier molecular flexibility index (Phi) is 5.50. The van der Waals surface area contributed by atoms with Crippen molar-refractivity contribution in [3.05, 3.63) is 11.9 Å². The molecule has 118 valence electrons. The average molecular weight is 309 g/mol. The smallest absolute Gasteiger partial charge is 0.406 e. The van der Waals surface area contributed by atoms with E-state index in [1.54, 1.807) is 0 Å². The molecule has 0 aliphatic rings. The number of hydrogen-bond donors (Lipinski definition) is 2. The van der Waals surface area contributed by atoms with E-state index >= 15 is 0 Å². The Morgan fingerprint density at radius 1 is 1.48 bits per heavy atom. The molecule has 0 bridgehead atoms. The summed E-state index contributed by atoms with van der Waals surface area (Å²) in [5, 5.41) is 17.8. The van der Waals surface area contributed by atoms with E-state index < -0.39 is 24.7 Å². The first-order valence-electron chi connectivity index (χ1n) is 5.96. The van der Waals surface area contributed by atoms with Gasteiger partial charge in [-0.25, -0.2) is 14.3 Å². The van der Waals surface area contributed by atoms with Crippen LogP contribution in [0, 0.1) is 0 Å². The van der Waals surface area contributed by atoms with Crippen molar-refractivity contribution in [2.24, 2.45) is 0 Å². The van der Waals surface area contributed by atoms with Crippen LogP contribution < -0.4 is 5.32 Å². The molecule has 0 saturated heterocycles. The number of rotatable bonds is 6. The highest BCUT2D eigenvalue weighted by Crippen LogP contribution is 2.16. The average Bonchev–Trinajstić information content (AvgIpc) is 2.83. The summed E-state index contributed by atoms with van der Waals surface area (Å²) in [5.41, 5.74) is -0.256. The molecule has 1 rings (SSSR count). The molecule has 0 saturated carbocycles. The number of nitrogens with zero attached hydrogens (tertiary/aromatic N) is 4. The van der Waals surface area contributed by atoms with E-state index in [9.17, 15) is 22.8 Å². The van der Waals surface area contributed by atoms with Crippen LogP contribution in [0.2, 0.25) is 0 Å². The van der Waals surface area contributed by atoms with E-state index in [-0.39, 0.29) is 25.3 Å². The fourth-order valence-electron chi connectivity index (χ4n) is 1.44. The number of aromatic carboxylic acids is 1. The van der Waals surface area contributed by atoms with Crippen LogP contribution in [-0.2, 0) is 6.54 Å². The number of carbonyl (C=O) groups is 2. The molecular formula is C10H14F3N5O3. The lowest BCUT2D eigenvalue weighted by molar-refractivity contribution is -0.139. The minimum atomic E-state index is -4.46. The van der Waals surface area contributed by atoms with E-state index in [0.717, 1.165) is 6.20 Å². The lowest BCUT2D eigenvalue weighted by atomic mass is 10.5. The van der Waals surface area contributed by atoms with E-state index in [4.69, 9.17) is 5.11 Å². The first kappa shape index (κ1) is 16.7. The lowest BCUT2D eigenvalue weighted by Gasteiger charge is -2.22. The number of carboxylic acids is 1. The van der Waals surface area contributed by atoms with Gasteiger partial charge in [0, 0.05) is 13.1 Å². The van der Waals surface area contributed by atoms with Crippen molar-refractivity contribution in [1.29, 1.82) is 0 Å². The highest BCUT2D eigenvalue weighted by atomic mass is 19.4. The van der Waals surface area contributed by atoms with Gasteiger partial charge in [0.25, 0.3) is 0 Å². The molecule has 0 spiro atoms. The van der Waals surface area contributed by atoms with Gasteiger partial charge < -0.3 is 15.3 Å². The van der Waals surface area contributed by atoms with E-state index in [0.29, 0.717) is 4.90 Å². The largest absolute Gasteiger partial charge is 0.476 e. The second kappa shape index (κ2) is 6.90. The third kappa shape index (κ3) is 5.67. The number of aromatic nitrogens is 3. The Bertz CT molecular complexity index is 502. The monoisotopic (exact) mass is 309 g/mol. The van der Waals surface area contributed by atoms with Gasteiger partial charge in [0.05, 0.1) is 12.7 Å². The van der Waals surface area contributed by atoms with Gasteiger partial charge in [0.2, 0.25) is 0 Å². The molecule has 0 aromatic carbocycles. The number of amides is 2. The number of alkyl halides is 3. The number of hydrogen-bond acceptors (Lipinski definition) is 4. The molecule has 1 aromatic heterocycles. The van der Waals surface area contributed by atoms with E-state index in [2.05, 4.69) is 15.6 Å². The second-order valence-corrected chi connectivity index (χ2v) is 4.03. The van der Waals surface area contributed by atoms with Crippen LogP contribution in [-0.4, -0.2) is 62.8 Å². The molecule has 1 aromatic rings. The van der Waals surface area contributed by atoms with Crippen LogP contribution in [0.4, 0.5) is 18.0 Å². The van der Waals surface area contributed by atoms with Crippen molar-refractivity contribution < 1.29 is 27.9 Å². The van der Waals surface area contributed by atoms with Gasteiger partial charge in [-0.3, -0.25) is 0 Å². The number of nitrogens with one attached hydrogen (secondary N) is 1. The number of carbonyl (C=O) groups excluding carboxylic acids is 1. The van der Waals surface area contributed by atoms with Gasteiger partial charge in [0.15, 0.2) is 5.69 Å². The Morgan fingerprint density at radius 2 is 2.14 bits per heavy atom. The molecule has 1 heterocycles. The SMILES string of the molecule is CCN(CC(F)(F)F)C(=O)NCCn1cc(C(=O)O)nn1. The second-order valence-electron chi connectivity index (χ2n) is 4.03. The normalized spacial score (nSPS) is 11.2. The summed E-state index contributed by atoms with van der Waals surface area (Å²) in [6.45, 7) is 0.104. The molecule has 8 nitrogen and oxygen atoms in total. The molecule has 2 amide bonds. The molecule has 21 heavy (non-hydrogen) atoms. The van der Waals surface area contributed by atoms with Crippen LogP contribution in [0.5, 0.6) is 0 Å². The van der Waals surface area contributed by atoms with Crippen molar-refractivity contribution in [3.8, 4) is 0 Å². The summed E-state index contributed by atoms with van der Waals surface area (Å²) in [6, 6.07) is -0.853. The molecule has 0 fully saturated rings. The maximum atomic E-state index is 12.2. The Hall–Kier alpha value is -2.33. The fourth-order valence-corrected chi connectivity index (χ4v) is 1.44. The fraction of sp³-hybridized carbons (Fsp3) is 0.600. The zero-order chi connectivity index (χ0) is 16.0. The topological polar surface area (TPSA) is 100 Å². The number of halogens is 3. The summed E-state index contributed by atoms with van der Waals surface area (Å²) in [7, 11) is 0. The van der Waals surface area contributed by atoms with Crippen LogP contribution in [0.1, 0.15) is 17.4 Å². The van der Waals surface area contributed by atoms with Crippen molar-refractivity contribution >= 4 is 12.0 Å². The third-order valence-corrected chi connectivity index (χ3v) is 2.41. The van der Waals surface area contributed by atoms with Crippen molar-refractivity contribution in [2.45, 2.75) is 19.6 Å². The van der Waals surface area contributed by atoms with Gasteiger partial charge in [-0.1, -0.05) is 5.21 Å². The minimum Gasteiger partial charge on any atom is -0.476 e. The summed E-state index contributed by atoms with van der Waals surface area (Å²) in [5.74, 6) is -1.24. The molecule has 2 N–H and O–H groups in total. The Morgan fingerprint density at radius 3 is 2.62 bits per heavy atom. The van der Waals surface area contributed by atoms with Crippen LogP contribution >= 0.6 is 0 Å². The molecule has 11 heteroatoms. The third-order valence-electron chi connectivity index (χ3n) is 2.41. The minimum absolute atomic E-state index is 0.00436. The highest BCUT2D eigenvalue weighted by molar-refractivity contribution is 5.84. The molecular weight excluding hydrogens is 295 g/mol. The first-order chi connectivity index (χ1) is 9.73. The predicted molar refractivity (Wildman–Crippen MR) is 63.7 cm³/mol. The van der Waals surface area contributed by atoms with Crippen molar-refractivity contribution in [1.82, 2.24) is 25.2 Å². The molecule has 0 aliphatic carbocycles. The molecule has 0 radical (unpaired) electrons. The Balaban J connectivity index is 2.42. The lowest BCUT2D eigenvalue weighted by Crippen LogP contribution is -2.45. The number of urea groups is 1. The summed E-state index contributed by atoms with van der Waals surface area (Å²) in [6.07, 6.45) is -3.31. The Labute approximate surface area is 117 Å². The van der Waals surface area contributed by atoms with Gasteiger partial charge in [-0.2, -0.15) is 13.2 Å². The summed E-state index contributed by atoms with van der Waals surface area (Å²) in [4.78, 5) is 22.7. The van der Waals surface area contributed by atoms with Gasteiger partial charge in [-0.05, 0) is 6.92 Å². The molecule has 0 unspecified atom stereocenters. The quantitative estimate of drug-likeness (QED) is 0.800. The predicted octanol–water partition coefficient (Wildman–Crippen LogP) is 0.570. The van der Waals surface area contributed by atoms with Crippen molar-refractivity contribution in [3.63, 3.8) is 0 Å². The van der Waals surface area contributed by atoms with Gasteiger partial charge in [0.1, 0.15) is 6.54 Å². The summed E-state index contributed by atoms with van der Waals surface area (Å²) >= 11 is 0. The van der Waals surface area contributed by atoms with Crippen LogP contribution in [0.15, 0.2) is 6.20 Å². The van der Waals surface area contributed by atoms with Crippen LogP contribution in [0.25, 0.3) is 0 Å². The van der Waals surface area contributed by atoms with E-state index in [1.165, 1.54) is 11.6 Å². The highest BCUT2D eigenvalue weighted by Gasteiger charge is 2.32. The number of carboxylic acid groups (broad SMARTS) is 1. The van der Waals surface area contributed by atoms with Crippen molar-refractivity contribution in [2.75, 3.05) is 19.6 Å². The maximum absolute atomic E-state index is 12.2. The molecule has 0 atom stereocenters. The maximum Gasteiger partial charge on any atom is 0.406 e. The van der Waals surface area contributed by atoms with Crippen LogP contribution in [0.3, 0.4) is 0 Å². The zero-order valence-corrected chi connectivity index (χ0v) is 11.1. The van der Waals surface area contributed by atoms with Gasteiger partial charge >= 0.3 is 18.2 Å². The van der Waals surface area contributed by atoms with Gasteiger partial charge in [-0.15, -0.1) is 5.10 Å². The molecule has 0 aliphatic heterocycles. The first-order valence-corrected chi connectivity index (χ1v) is 5.96.